The number of hydrogen-bond acceptors (Lipinski definition) is 3. The van der Waals surface area contributed by atoms with Crippen molar-refractivity contribution in [2.45, 2.75) is 25.0 Å². The molecule has 1 saturated heterocycles. The molecule has 0 aromatic heterocycles. The van der Waals surface area contributed by atoms with Gasteiger partial charge in [-0.25, -0.2) is 4.39 Å². The zero-order chi connectivity index (χ0) is 16.4. The van der Waals surface area contributed by atoms with Crippen molar-refractivity contribution < 1.29 is 19.4 Å². The molecule has 23 heavy (non-hydrogen) atoms. The van der Waals surface area contributed by atoms with Gasteiger partial charge in [0.05, 0.1) is 18.6 Å². The van der Waals surface area contributed by atoms with Crippen LogP contribution in [0.1, 0.15) is 36.1 Å². The summed E-state index contributed by atoms with van der Waals surface area (Å²) in [6.45, 7) is 0.433. The van der Waals surface area contributed by atoms with Gasteiger partial charge in [0.2, 0.25) is 5.91 Å². The Morgan fingerprint density at radius 3 is 2.39 bits per heavy atom. The fourth-order valence-electron chi connectivity index (χ4n) is 2.84. The minimum absolute atomic E-state index is 0.0106. The van der Waals surface area contributed by atoms with Gasteiger partial charge in [-0.3, -0.25) is 4.79 Å². The molecule has 2 atom stereocenters. The second-order valence-corrected chi connectivity index (χ2v) is 5.75. The molecule has 3 rings (SSSR count). The molecule has 1 amide bonds. The van der Waals surface area contributed by atoms with Gasteiger partial charge >= 0.3 is 0 Å². The number of likely N-dealkylation sites (tertiary alicyclic amines) is 1. The quantitative estimate of drug-likeness (QED) is 0.834. The first-order chi connectivity index (χ1) is 11.0. The smallest absolute Gasteiger partial charge is 0.225 e. The summed E-state index contributed by atoms with van der Waals surface area (Å²) in [5.41, 5.74) is 1.61. The van der Waals surface area contributed by atoms with E-state index in [1.54, 1.807) is 41.3 Å². The second-order valence-electron chi connectivity index (χ2n) is 5.75. The van der Waals surface area contributed by atoms with Crippen molar-refractivity contribution in [1.29, 1.82) is 0 Å². The SMILES string of the molecule is O=C1CC(c2ccc(O)cc2)N1CC[C@H](O)c1ccc(F)cc1. The van der Waals surface area contributed by atoms with Gasteiger partial charge in [-0.15, -0.1) is 0 Å². The Morgan fingerprint density at radius 1 is 1.13 bits per heavy atom. The molecule has 4 nitrogen and oxygen atoms in total. The lowest BCUT2D eigenvalue weighted by Crippen LogP contribution is -2.47. The molecule has 120 valence electrons. The van der Waals surface area contributed by atoms with E-state index < -0.39 is 6.10 Å². The number of halogens is 1. The zero-order valence-corrected chi connectivity index (χ0v) is 12.5. The molecule has 0 bridgehead atoms. The molecule has 1 aliphatic heterocycles. The van der Waals surface area contributed by atoms with Crippen molar-refractivity contribution in [2.75, 3.05) is 6.54 Å². The van der Waals surface area contributed by atoms with Crippen LogP contribution in [0, 0.1) is 5.82 Å². The number of amides is 1. The van der Waals surface area contributed by atoms with Crippen molar-refractivity contribution in [3.05, 3.63) is 65.5 Å². The maximum absolute atomic E-state index is 12.9. The number of nitrogens with zero attached hydrogens (tertiary/aromatic N) is 1. The van der Waals surface area contributed by atoms with Crippen LogP contribution in [-0.2, 0) is 4.79 Å². The van der Waals surface area contributed by atoms with E-state index >= 15 is 0 Å². The highest BCUT2D eigenvalue weighted by Gasteiger charge is 2.36. The van der Waals surface area contributed by atoms with Gasteiger partial charge in [0.25, 0.3) is 0 Å². The third kappa shape index (κ3) is 3.35. The maximum Gasteiger partial charge on any atom is 0.225 e. The first kappa shape index (κ1) is 15.5. The Morgan fingerprint density at radius 2 is 1.78 bits per heavy atom. The number of phenols is 1. The average molecular weight is 315 g/mol. The molecule has 2 aromatic carbocycles. The Hall–Kier alpha value is -2.40. The minimum atomic E-state index is -0.732. The molecular weight excluding hydrogens is 297 g/mol. The summed E-state index contributed by atoms with van der Waals surface area (Å²) in [5, 5.41) is 19.5. The number of carbonyl (C=O) groups is 1. The number of aromatic hydroxyl groups is 1. The van der Waals surface area contributed by atoms with E-state index in [-0.39, 0.29) is 23.5 Å². The molecule has 1 heterocycles. The van der Waals surface area contributed by atoms with Crippen LogP contribution < -0.4 is 0 Å². The van der Waals surface area contributed by atoms with Crippen LogP contribution in [0.5, 0.6) is 5.75 Å². The highest BCUT2D eigenvalue weighted by atomic mass is 19.1. The lowest BCUT2D eigenvalue weighted by atomic mass is 9.93. The average Bonchev–Trinajstić information content (AvgIpc) is 2.54. The summed E-state index contributed by atoms with van der Waals surface area (Å²) >= 11 is 0. The summed E-state index contributed by atoms with van der Waals surface area (Å²) in [6.07, 6.45) is 0.105. The lowest BCUT2D eigenvalue weighted by Gasteiger charge is -2.41. The summed E-state index contributed by atoms with van der Waals surface area (Å²) in [4.78, 5) is 13.5. The summed E-state index contributed by atoms with van der Waals surface area (Å²) < 4.78 is 12.9. The van der Waals surface area contributed by atoms with Crippen LogP contribution in [0.15, 0.2) is 48.5 Å². The number of hydrogen-bond donors (Lipinski definition) is 2. The van der Waals surface area contributed by atoms with Crippen molar-refractivity contribution in [3.63, 3.8) is 0 Å². The molecule has 2 N–H and O–H groups in total. The number of β-lactam (4-membered cyclic amide) rings is 1. The molecule has 1 aliphatic rings. The number of carbonyl (C=O) groups excluding carboxylic acids is 1. The number of benzene rings is 2. The monoisotopic (exact) mass is 315 g/mol. The number of rotatable bonds is 5. The highest BCUT2D eigenvalue weighted by molar-refractivity contribution is 5.83. The molecule has 0 radical (unpaired) electrons. The molecule has 1 fully saturated rings. The van der Waals surface area contributed by atoms with Gasteiger partial charge in [0, 0.05) is 6.54 Å². The predicted molar refractivity (Wildman–Crippen MR) is 83.2 cm³/mol. The van der Waals surface area contributed by atoms with Gasteiger partial charge in [0.15, 0.2) is 0 Å². The number of aliphatic hydroxyl groups excluding tert-OH is 1. The van der Waals surface area contributed by atoms with Crippen molar-refractivity contribution in [3.8, 4) is 5.75 Å². The summed E-state index contributed by atoms with van der Waals surface area (Å²) in [5.74, 6) is -0.0988. The van der Waals surface area contributed by atoms with E-state index in [1.165, 1.54) is 12.1 Å². The number of aliphatic hydroxyl groups is 1. The maximum atomic E-state index is 12.9. The van der Waals surface area contributed by atoms with E-state index in [1.807, 2.05) is 0 Å². The summed E-state index contributed by atoms with van der Waals surface area (Å²) in [6, 6.07) is 12.5. The Bertz CT molecular complexity index is 684. The standard InChI is InChI=1S/C18H18FNO3/c19-14-5-1-13(2-6-14)17(22)9-10-20-16(11-18(20)23)12-3-7-15(21)8-4-12/h1-8,16-17,21-22H,9-11H2/t16?,17-/m0/s1. The van der Waals surface area contributed by atoms with Crippen LogP contribution in [-0.4, -0.2) is 27.6 Å². The van der Waals surface area contributed by atoms with Gasteiger partial charge < -0.3 is 15.1 Å². The zero-order valence-electron chi connectivity index (χ0n) is 12.5. The minimum Gasteiger partial charge on any atom is -0.508 e. The Kier molecular flexibility index (Phi) is 4.30. The van der Waals surface area contributed by atoms with E-state index in [2.05, 4.69) is 0 Å². The van der Waals surface area contributed by atoms with Gasteiger partial charge in [-0.2, -0.15) is 0 Å². The molecule has 0 saturated carbocycles. The van der Waals surface area contributed by atoms with Crippen molar-refractivity contribution in [1.82, 2.24) is 4.90 Å². The van der Waals surface area contributed by atoms with Crippen molar-refractivity contribution >= 4 is 5.91 Å². The van der Waals surface area contributed by atoms with Gasteiger partial charge in [-0.1, -0.05) is 24.3 Å². The highest BCUT2D eigenvalue weighted by Crippen LogP contribution is 2.35. The molecule has 2 aromatic rings. The normalized spacial score (nSPS) is 18.6. The molecule has 1 unspecified atom stereocenters. The van der Waals surface area contributed by atoms with E-state index in [9.17, 15) is 19.4 Å². The van der Waals surface area contributed by atoms with E-state index in [4.69, 9.17) is 0 Å². The van der Waals surface area contributed by atoms with Crippen LogP contribution in [0.4, 0.5) is 4.39 Å². The van der Waals surface area contributed by atoms with Gasteiger partial charge in [0.1, 0.15) is 11.6 Å². The van der Waals surface area contributed by atoms with Crippen LogP contribution in [0.2, 0.25) is 0 Å². The van der Waals surface area contributed by atoms with Crippen LogP contribution >= 0.6 is 0 Å². The first-order valence-corrected chi connectivity index (χ1v) is 7.56. The van der Waals surface area contributed by atoms with Crippen LogP contribution in [0.25, 0.3) is 0 Å². The van der Waals surface area contributed by atoms with Gasteiger partial charge in [-0.05, 0) is 41.8 Å². The van der Waals surface area contributed by atoms with Crippen LogP contribution in [0.3, 0.4) is 0 Å². The second kappa shape index (κ2) is 6.38. The van der Waals surface area contributed by atoms with E-state index in [0.29, 0.717) is 24.9 Å². The topological polar surface area (TPSA) is 60.8 Å². The summed E-state index contributed by atoms with van der Waals surface area (Å²) in [7, 11) is 0. The van der Waals surface area contributed by atoms with E-state index in [0.717, 1.165) is 5.56 Å². The predicted octanol–water partition coefficient (Wildman–Crippen LogP) is 2.93. The third-order valence-corrected chi connectivity index (χ3v) is 4.24. The fraction of sp³-hybridized carbons (Fsp3) is 0.278. The number of phenolic OH excluding ortho intramolecular Hbond substituents is 1. The Labute approximate surface area is 133 Å². The first-order valence-electron chi connectivity index (χ1n) is 7.56. The molecule has 5 heteroatoms. The molecule has 0 spiro atoms. The largest absolute Gasteiger partial charge is 0.508 e. The Balaban J connectivity index is 1.61. The molecule has 0 aliphatic carbocycles. The lowest BCUT2D eigenvalue weighted by molar-refractivity contribution is -0.146. The fourth-order valence-corrected chi connectivity index (χ4v) is 2.84. The van der Waals surface area contributed by atoms with Crippen molar-refractivity contribution in [2.24, 2.45) is 0 Å². The molecular formula is C18H18FNO3. The third-order valence-electron chi connectivity index (χ3n) is 4.24.